The molecule has 1 aromatic heterocycles. The largest absolute Gasteiger partial charge is 0.416 e. The van der Waals surface area contributed by atoms with Crippen LogP contribution in [0.15, 0.2) is 18.3 Å². The normalized spacial score (nSPS) is 12.8. The third-order valence-corrected chi connectivity index (χ3v) is 3.45. The van der Waals surface area contributed by atoms with Crippen molar-refractivity contribution in [3.05, 3.63) is 39.6 Å². The Morgan fingerprint density at radius 1 is 1.05 bits per heavy atom. The van der Waals surface area contributed by atoms with Crippen LogP contribution in [-0.4, -0.2) is 15.0 Å². The second kappa shape index (κ2) is 5.18. The Hall–Kier alpha value is -1.27. The molecule has 0 N–H and O–H groups in total. The summed E-state index contributed by atoms with van der Waals surface area (Å²) in [5.41, 5.74) is -0.350. The van der Waals surface area contributed by atoms with E-state index in [4.69, 9.17) is 23.2 Å². The molecule has 2 rings (SSSR count). The lowest BCUT2D eigenvalue weighted by Crippen LogP contribution is -2.18. The van der Waals surface area contributed by atoms with Gasteiger partial charge in [0.1, 0.15) is 5.69 Å². The highest BCUT2D eigenvalue weighted by molar-refractivity contribution is 6.37. The summed E-state index contributed by atoms with van der Waals surface area (Å²) >= 11 is 12.0. The van der Waals surface area contributed by atoms with Gasteiger partial charge in [-0.2, -0.15) is 13.2 Å². The van der Waals surface area contributed by atoms with Gasteiger partial charge in [-0.1, -0.05) is 49.2 Å². The zero-order chi connectivity index (χ0) is 16.0. The summed E-state index contributed by atoms with van der Waals surface area (Å²) < 4.78 is 39.6. The van der Waals surface area contributed by atoms with E-state index in [1.165, 1.54) is 10.9 Å². The Kier molecular flexibility index (Phi) is 3.97. The highest BCUT2D eigenvalue weighted by Gasteiger charge is 2.33. The fraction of sp³-hybridized carbons (Fsp3) is 0.385. The molecule has 0 saturated carbocycles. The number of alkyl halides is 3. The molecule has 1 aromatic carbocycles. The molecule has 0 radical (unpaired) electrons. The minimum Gasteiger partial charge on any atom is -0.214 e. The molecule has 0 atom stereocenters. The Morgan fingerprint density at radius 3 is 2.00 bits per heavy atom. The summed E-state index contributed by atoms with van der Waals surface area (Å²) in [5, 5.41) is 7.41. The highest BCUT2D eigenvalue weighted by atomic mass is 35.5. The minimum atomic E-state index is -4.51. The fourth-order valence-electron chi connectivity index (χ4n) is 1.84. The monoisotopic (exact) mass is 337 g/mol. The number of hydrogen-bond acceptors (Lipinski definition) is 2. The van der Waals surface area contributed by atoms with Crippen LogP contribution in [0.3, 0.4) is 0 Å². The van der Waals surface area contributed by atoms with Gasteiger partial charge < -0.3 is 0 Å². The van der Waals surface area contributed by atoms with Crippen LogP contribution in [0.5, 0.6) is 0 Å². The number of nitrogens with zero attached hydrogens (tertiary/aromatic N) is 3. The van der Waals surface area contributed by atoms with Crippen molar-refractivity contribution >= 4 is 23.2 Å². The lowest BCUT2D eigenvalue weighted by molar-refractivity contribution is -0.137. The molecule has 114 valence electrons. The lowest BCUT2D eigenvalue weighted by Gasteiger charge is -2.20. The third-order valence-electron chi connectivity index (χ3n) is 2.87. The highest BCUT2D eigenvalue weighted by Crippen LogP contribution is 2.38. The number of aromatic nitrogens is 3. The van der Waals surface area contributed by atoms with Crippen molar-refractivity contribution in [2.24, 2.45) is 0 Å². The van der Waals surface area contributed by atoms with Gasteiger partial charge in [0.25, 0.3) is 0 Å². The van der Waals surface area contributed by atoms with E-state index >= 15 is 0 Å². The zero-order valence-corrected chi connectivity index (χ0v) is 13.0. The first-order valence-electron chi connectivity index (χ1n) is 5.99. The lowest BCUT2D eigenvalue weighted by atomic mass is 9.92. The van der Waals surface area contributed by atoms with E-state index in [0.29, 0.717) is 5.69 Å². The number of halogens is 5. The van der Waals surface area contributed by atoms with Crippen molar-refractivity contribution in [1.29, 1.82) is 0 Å². The van der Waals surface area contributed by atoms with Crippen LogP contribution >= 0.6 is 23.2 Å². The predicted molar refractivity (Wildman–Crippen MR) is 75.1 cm³/mol. The van der Waals surface area contributed by atoms with Crippen molar-refractivity contribution in [1.82, 2.24) is 15.0 Å². The van der Waals surface area contributed by atoms with Crippen molar-refractivity contribution < 1.29 is 13.2 Å². The van der Waals surface area contributed by atoms with Crippen molar-refractivity contribution in [2.45, 2.75) is 32.4 Å². The molecule has 0 aliphatic rings. The maximum atomic E-state index is 12.7. The average Bonchev–Trinajstić information content (AvgIpc) is 2.75. The van der Waals surface area contributed by atoms with Gasteiger partial charge in [0.05, 0.1) is 27.5 Å². The second-order valence-electron chi connectivity index (χ2n) is 5.57. The number of rotatable bonds is 1. The fourth-order valence-corrected chi connectivity index (χ4v) is 2.49. The summed E-state index contributed by atoms with van der Waals surface area (Å²) in [5.74, 6) is 0. The van der Waals surface area contributed by atoms with Gasteiger partial charge >= 0.3 is 6.18 Å². The van der Waals surface area contributed by atoms with Crippen LogP contribution < -0.4 is 0 Å². The quantitative estimate of drug-likeness (QED) is 0.741. The smallest absolute Gasteiger partial charge is 0.214 e. The molecular weight excluding hydrogens is 326 g/mol. The predicted octanol–water partition coefficient (Wildman–Crippen LogP) is 4.89. The third kappa shape index (κ3) is 3.16. The molecule has 0 aliphatic carbocycles. The Bertz CT molecular complexity index is 649. The van der Waals surface area contributed by atoms with Crippen LogP contribution in [0.2, 0.25) is 10.0 Å². The molecule has 3 nitrogen and oxygen atoms in total. The average molecular weight is 338 g/mol. The molecular formula is C13H12Cl2F3N3. The summed E-state index contributed by atoms with van der Waals surface area (Å²) in [4.78, 5) is 0. The van der Waals surface area contributed by atoms with Gasteiger partial charge in [0, 0.05) is 5.41 Å². The summed E-state index contributed by atoms with van der Waals surface area (Å²) in [6, 6.07) is 1.66. The van der Waals surface area contributed by atoms with E-state index in [1.807, 2.05) is 20.8 Å². The van der Waals surface area contributed by atoms with Gasteiger partial charge in [-0.3, -0.25) is 0 Å². The number of benzene rings is 1. The van der Waals surface area contributed by atoms with Crippen LogP contribution in [-0.2, 0) is 11.6 Å². The van der Waals surface area contributed by atoms with Gasteiger partial charge in [0.2, 0.25) is 0 Å². The zero-order valence-electron chi connectivity index (χ0n) is 11.5. The van der Waals surface area contributed by atoms with Crippen LogP contribution in [0.4, 0.5) is 13.2 Å². The SMILES string of the molecule is CC(C)(C)c1cnnn1-c1c(Cl)cc(C(F)(F)F)cc1Cl. The maximum absolute atomic E-state index is 12.7. The first-order valence-corrected chi connectivity index (χ1v) is 6.75. The van der Waals surface area contributed by atoms with E-state index in [0.717, 1.165) is 12.1 Å². The minimum absolute atomic E-state index is 0.133. The van der Waals surface area contributed by atoms with Crippen molar-refractivity contribution in [2.75, 3.05) is 0 Å². The summed E-state index contributed by atoms with van der Waals surface area (Å²) in [6.07, 6.45) is -2.98. The Labute approximate surface area is 129 Å². The molecule has 0 unspecified atom stereocenters. The van der Waals surface area contributed by atoms with Crippen LogP contribution in [0.1, 0.15) is 32.0 Å². The molecule has 0 fully saturated rings. The molecule has 0 aliphatic heterocycles. The van der Waals surface area contributed by atoms with E-state index in [2.05, 4.69) is 10.3 Å². The van der Waals surface area contributed by atoms with E-state index < -0.39 is 11.7 Å². The van der Waals surface area contributed by atoms with E-state index in [9.17, 15) is 13.2 Å². The molecule has 1 heterocycles. The van der Waals surface area contributed by atoms with Crippen LogP contribution in [0, 0.1) is 0 Å². The first kappa shape index (κ1) is 16.1. The topological polar surface area (TPSA) is 30.7 Å². The van der Waals surface area contributed by atoms with Crippen LogP contribution in [0.25, 0.3) is 5.69 Å². The van der Waals surface area contributed by atoms with Crippen molar-refractivity contribution in [3.8, 4) is 5.69 Å². The second-order valence-corrected chi connectivity index (χ2v) is 6.38. The van der Waals surface area contributed by atoms with E-state index in [-0.39, 0.29) is 21.1 Å². The summed E-state index contributed by atoms with van der Waals surface area (Å²) in [6.45, 7) is 5.77. The maximum Gasteiger partial charge on any atom is 0.416 e. The molecule has 8 heteroatoms. The molecule has 0 spiro atoms. The summed E-state index contributed by atoms with van der Waals surface area (Å²) in [7, 11) is 0. The van der Waals surface area contributed by atoms with Gasteiger partial charge in [-0.05, 0) is 12.1 Å². The van der Waals surface area contributed by atoms with Gasteiger partial charge in [-0.25, -0.2) is 4.68 Å². The number of hydrogen-bond donors (Lipinski definition) is 0. The van der Waals surface area contributed by atoms with E-state index in [1.54, 1.807) is 0 Å². The molecule has 0 amide bonds. The molecule has 2 aromatic rings. The van der Waals surface area contributed by atoms with Gasteiger partial charge in [-0.15, -0.1) is 5.10 Å². The van der Waals surface area contributed by atoms with Gasteiger partial charge in [0.15, 0.2) is 0 Å². The van der Waals surface area contributed by atoms with Crippen molar-refractivity contribution in [3.63, 3.8) is 0 Å². The first-order chi connectivity index (χ1) is 9.51. The molecule has 0 bridgehead atoms. The molecule has 0 saturated heterocycles. The standard InChI is InChI=1S/C13H12Cl2F3N3/c1-12(2,3)10-6-19-20-21(10)11-8(14)4-7(5-9(11)15)13(16,17)18/h4-6H,1-3H3. The Morgan fingerprint density at radius 2 is 1.57 bits per heavy atom. The molecule has 21 heavy (non-hydrogen) atoms. The Balaban J connectivity index is 2.65.